The maximum absolute atomic E-state index is 12.7. The van der Waals surface area contributed by atoms with Crippen molar-refractivity contribution >= 4 is 28.8 Å². The molecular weight excluding hydrogens is 354 g/mol. The molecule has 0 fully saturated rings. The lowest BCUT2D eigenvalue weighted by atomic mass is 10.0. The summed E-state index contributed by atoms with van der Waals surface area (Å²) in [6.45, 7) is 2.68. The predicted molar refractivity (Wildman–Crippen MR) is 111 cm³/mol. The Labute approximate surface area is 165 Å². The Bertz CT molecular complexity index is 900. The number of nitrogens with one attached hydrogen (secondary N) is 1. The fourth-order valence-corrected chi connectivity index (χ4v) is 2.95. The summed E-state index contributed by atoms with van der Waals surface area (Å²) in [5.41, 5.74) is 3.13. The molecule has 0 saturated heterocycles. The van der Waals surface area contributed by atoms with Gasteiger partial charge in [-0.05, 0) is 48.4 Å². The number of imide groups is 1. The van der Waals surface area contributed by atoms with E-state index in [1.54, 1.807) is 0 Å². The number of hydrogen-bond acceptors (Lipinski definition) is 5. The molecule has 0 radical (unpaired) electrons. The Morgan fingerprint density at radius 2 is 1.61 bits per heavy atom. The number of carbonyl (C=O) groups is 2. The monoisotopic (exact) mass is 379 g/mol. The molecular formula is C22H25N3O3. The molecule has 2 aromatic carbocycles. The maximum atomic E-state index is 12.7. The molecule has 28 heavy (non-hydrogen) atoms. The summed E-state index contributed by atoms with van der Waals surface area (Å²) in [7, 11) is 5.42. The predicted octanol–water partition coefficient (Wildman–Crippen LogP) is 3.36. The second-order valence-corrected chi connectivity index (χ2v) is 6.86. The quantitative estimate of drug-likeness (QED) is 0.748. The Balaban J connectivity index is 1.93. The van der Waals surface area contributed by atoms with E-state index in [1.165, 1.54) is 7.05 Å². The third kappa shape index (κ3) is 3.86. The van der Waals surface area contributed by atoms with Crippen LogP contribution >= 0.6 is 0 Å². The fourth-order valence-electron chi connectivity index (χ4n) is 2.95. The first kappa shape index (κ1) is 19.5. The highest BCUT2D eigenvalue weighted by Gasteiger charge is 2.36. The average molecular weight is 379 g/mol. The minimum Gasteiger partial charge on any atom is -0.494 e. The van der Waals surface area contributed by atoms with E-state index in [2.05, 4.69) is 5.32 Å². The van der Waals surface area contributed by atoms with Gasteiger partial charge in [-0.2, -0.15) is 0 Å². The molecule has 0 saturated carbocycles. The van der Waals surface area contributed by atoms with Crippen LogP contribution in [0, 0.1) is 0 Å². The summed E-state index contributed by atoms with van der Waals surface area (Å²) in [6.07, 6.45) is 0.922. The van der Waals surface area contributed by atoms with Crippen molar-refractivity contribution in [2.45, 2.75) is 13.3 Å². The number of anilines is 2. The average Bonchev–Trinajstić information content (AvgIpc) is 2.91. The van der Waals surface area contributed by atoms with Crippen molar-refractivity contribution in [1.82, 2.24) is 4.90 Å². The van der Waals surface area contributed by atoms with Crippen LogP contribution in [0.1, 0.15) is 18.9 Å². The summed E-state index contributed by atoms with van der Waals surface area (Å²) in [5.74, 6) is 0.0766. The molecule has 2 aromatic rings. The zero-order valence-electron chi connectivity index (χ0n) is 16.7. The first-order valence-electron chi connectivity index (χ1n) is 9.26. The number of hydrogen-bond donors (Lipinski definition) is 1. The molecule has 1 aliphatic heterocycles. The van der Waals surface area contributed by atoms with E-state index in [4.69, 9.17) is 4.74 Å². The van der Waals surface area contributed by atoms with Crippen LogP contribution in [-0.2, 0) is 9.59 Å². The lowest BCUT2D eigenvalue weighted by molar-refractivity contribution is -0.135. The van der Waals surface area contributed by atoms with Crippen molar-refractivity contribution in [3.05, 3.63) is 59.8 Å². The van der Waals surface area contributed by atoms with Gasteiger partial charge in [0.1, 0.15) is 11.4 Å². The Hall–Kier alpha value is -3.28. The second-order valence-electron chi connectivity index (χ2n) is 6.86. The highest BCUT2D eigenvalue weighted by atomic mass is 16.5. The number of ether oxygens (including phenoxy) is 1. The molecule has 1 heterocycles. The van der Waals surface area contributed by atoms with Crippen LogP contribution in [0.4, 0.5) is 11.4 Å². The van der Waals surface area contributed by atoms with Crippen LogP contribution in [0.2, 0.25) is 0 Å². The molecule has 146 valence electrons. The first-order chi connectivity index (χ1) is 13.4. The van der Waals surface area contributed by atoms with Gasteiger partial charge in [0, 0.05) is 32.5 Å². The smallest absolute Gasteiger partial charge is 0.277 e. The van der Waals surface area contributed by atoms with Crippen molar-refractivity contribution < 1.29 is 14.3 Å². The molecule has 3 rings (SSSR count). The van der Waals surface area contributed by atoms with Gasteiger partial charge in [-0.15, -0.1) is 0 Å². The second kappa shape index (κ2) is 8.17. The molecule has 1 aliphatic rings. The van der Waals surface area contributed by atoms with Crippen molar-refractivity contribution in [1.29, 1.82) is 0 Å². The van der Waals surface area contributed by atoms with E-state index in [-0.39, 0.29) is 17.5 Å². The van der Waals surface area contributed by atoms with Gasteiger partial charge in [0.05, 0.1) is 12.2 Å². The zero-order chi connectivity index (χ0) is 20.3. The molecule has 1 N–H and O–H groups in total. The molecule has 0 bridgehead atoms. The summed E-state index contributed by atoms with van der Waals surface area (Å²) in [4.78, 5) is 28.5. The van der Waals surface area contributed by atoms with Gasteiger partial charge >= 0.3 is 0 Å². The lowest BCUT2D eigenvalue weighted by Gasteiger charge is -2.14. The third-order valence-electron chi connectivity index (χ3n) is 4.56. The van der Waals surface area contributed by atoms with Crippen LogP contribution in [-0.4, -0.2) is 44.5 Å². The Morgan fingerprint density at radius 1 is 0.964 bits per heavy atom. The number of rotatable bonds is 7. The molecule has 0 aromatic heterocycles. The molecule has 0 aliphatic carbocycles. The third-order valence-corrected chi connectivity index (χ3v) is 4.56. The summed E-state index contributed by atoms with van der Waals surface area (Å²) >= 11 is 0. The van der Waals surface area contributed by atoms with Gasteiger partial charge in [0.2, 0.25) is 0 Å². The van der Waals surface area contributed by atoms with E-state index in [1.807, 2.05) is 74.4 Å². The van der Waals surface area contributed by atoms with Crippen molar-refractivity contribution in [2.24, 2.45) is 0 Å². The lowest BCUT2D eigenvalue weighted by Crippen LogP contribution is -2.27. The van der Waals surface area contributed by atoms with E-state index in [0.717, 1.165) is 28.4 Å². The van der Waals surface area contributed by atoms with E-state index >= 15 is 0 Å². The van der Waals surface area contributed by atoms with Crippen LogP contribution in [0.15, 0.2) is 54.2 Å². The highest BCUT2D eigenvalue weighted by Crippen LogP contribution is 2.31. The molecule has 2 amide bonds. The van der Waals surface area contributed by atoms with Gasteiger partial charge in [-0.3, -0.25) is 14.5 Å². The van der Waals surface area contributed by atoms with Crippen molar-refractivity contribution in [3.8, 4) is 5.75 Å². The first-order valence-corrected chi connectivity index (χ1v) is 9.26. The van der Waals surface area contributed by atoms with E-state index < -0.39 is 0 Å². The van der Waals surface area contributed by atoms with E-state index in [9.17, 15) is 9.59 Å². The molecule has 6 nitrogen and oxygen atoms in total. The van der Waals surface area contributed by atoms with Gasteiger partial charge in [-0.25, -0.2) is 0 Å². The largest absolute Gasteiger partial charge is 0.494 e. The number of nitrogens with zero attached hydrogens (tertiary/aromatic N) is 2. The van der Waals surface area contributed by atoms with Gasteiger partial charge in [0.25, 0.3) is 11.8 Å². The molecule has 0 unspecified atom stereocenters. The van der Waals surface area contributed by atoms with Crippen LogP contribution in [0.5, 0.6) is 5.75 Å². The Morgan fingerprint density at radius 3 is 2.18 bits per heavy atom. The minimum absolute atomic E-state index is 0.285. The van der Waals surface area contributed by atoms with Gasteiger partial charge in [-0.1, -0.05) is 19.1 Å². The zero-order valence-corrected chi connectivity index (χ0v) is 16.7. The summed E-state index contributed by atoms with van der Waals surface area (Å²) < 4.78 is 5.60. The number of carbonyl (C=O) groups excluding carboxylic acids is 2. The summed E-state index contributed by atoms with van der Waals surface area (Å²) in [6, 6.07) is 14.9. The van der Waals surface area contributed by atoms with Crippen molar-refractivity contribution in [2.75, 3.05) is 38.0 Å². The van der Waals surface area contributed by atoms with Crippen LogP contribution in [0.3, 0.4) is 0 Å². The molecule has 0 spiro atoms. The number of likely N-dealkylation sites (N-methyl/N-ethyl adjacent to an activating group) is 1. The number of benzene rings is 2. The normalized spacial score (nSPS) is 13.9. The highest BCUT2D eigenvalue weighted by molar-refractivity contribution is 6.36. The fraction of sp³-hybridized carbons (Fsp3) is 0.273. The van der Waals surface area contributed by atoms with Crippen LogP contribution < -0.4 is 15.0 Å². The standard InChI is InChI=1S/C22H25N3O3/c1-5-14-28-18-12-6-15(7-13-18)19-20(22(27)25(4)21(19)26)23-16-8-10-17(11-9-16)24(2)3/h6-13,23H,5,14H2,1-4H3. The Kier molecular flexibility index (Phi) is 5.68. The van der Waals surface area contributed by atoms with Crippen molar-refractivity contribution in [3.63, 3.8) is 0 Å². The molecule has 0 atom stereocenters. The van der Waals surface area contributed by atoms with Gasteiger partial charge in [0.15, 0.2) is 0 Å². The van der Waals surface area contributed by atoms with Crippen LogP contribution in [0.25, 0.3) is 5.57 Å². The van der Waals surface area contributed by atoms with E-state index in [0.29, 0.717) is 17.7 Å². The molecule has 6 heteroatoms. The maximum Gasteiger partial charge on any atom is 0.277 e. The topological polar surface area (TPSA) is 61.9 Å². The van der Waals surface area contributed by atoms with Gasteiger partial charge < -0.3 is 15.0 Å². The number of amides is 2. The SMILES string of the molecule is CCCOc1ccc(C2=C(Nc3ccc(N(C)C)cc3)C(=O)N(C)C2=O)cc1. The minimum atomic E-state index is -0.344. The summed E-state index contributed by atoms with van der Waals surface area (Å²) in [5, 5.41) is 3.13.